The monoisotopic (exact) mass is 291 g/mol. The van der Waals surface area contributed by atoms with E-state index in [4.69, 9.17) is 4.74 Å². The summed E-state index contributed by atoms with van der Waals surface area (Å²) in [6.07, 6.45) is -3.41. The van der Waals surface area contributed by atoms with Crippen molar-refractivity contribution in [1.29, 1.82) is 0 Å². The molecule has 0 fully saturated rings. The molecule has 0 radical (unpaired) electrons. The van der Waals surface area contributed by atoms with Crippen molar-refractivity contribution in [3.63, 3.8) is 0 Å². The minimum atomic E-state index is -4.48. The second kappa shape index (κ2) is 4.96. The number of nitrogens with zero attached hydrogens (tertiary/aromatic N) is 4. The molecule has 0 aliphatic rings. The Morgan fingerprint density at radius 1 is 1.26 bits per heavy atom. The summed E-state index contributed by atoms with van der Waals surface area (Å²) in [5.74, 6) is 0.271. The Balaban J connectivity index is 2.43. The van der Waals surface area contributed by atoms with Gasteiger partial charge in [-0.1, -0.05) is 0 Å². The van der Waals surface area contributed by atoms with Gasteiger partial charge in [-0.05, 0) is 0 Å². The third-order valence-electron chi connectivity index (χ3n) is 1.99. The summed E-state index contributed by atoms with van der Waals surface area (Å²) >= 11 is 0.459. The number of rotatable bonds is 3. The van der Waals surface area contributed by atoms with Crippen LogP contribution in [0.2, 0.25) is 0 Å². The Morgan fingerprint density at radius 2 is 2.00 bits per heavy atom. The quantitative estimate of drug-likeness (QED) is 0.933. The SMILES string of the molecule is CNc1nc(OC)nc(-c2cnc(C(F)(F)F)s2)n1. The van der Waals surface area contributed by atoms with Crippen LogP contribution in [0.1, 0.15) is 5.01 Å². The molecule has 0 aliphatic carbocycles. The third-order valence-corrected chi connectivity index (χ3v) is 3.03. The van der Waals surface area contributed by atoms with E-state index in [2.05, 4.69) is 25.3 Å². The van der Waals surface area contributed by atoms with Crippen molar-refractivity contribution in [3.05, 3.63) is 11.2 Å². The zero-order chi connectivity index (χ0) is 14.0. The first kappa shape index (κ1) is 13.5. The Labute approximate surface area is 109 Å². The van der Waals surface area contributed by atoms with Crippen molar-refractivity contribution in [1.82, 2.24) is 19.9 Å². The average molecular weight is 291 g/mol. The number of ether oxygens (including phenoxy) is 1. The van der Waals surface area contributed by atoms with Gasteiger partial charge in [0.05, 0.1) is 12.0 Å². The molecule has 0 amide bonds. The zero-order valence-electron chi connectivity index (χ0n) is 9.82. The Kier molecular flexibility index (Phi) is 3.51. The molecular formula is C9H8F3N5OS. The van der Waals surface area contributed by atoms with Crippen LogP contribution in [0.15, 0.2) is 6.20 Å². The zero-order valence-corrected chi connectivity index (χ0v) is 10.6. The summed E-state index contributed by atoms with van der Waals surface area (Å²) in [7, 11) is 2.93. The lowest BCUT2D eigenvalue weighted by atomic mass is 10.5. The second-order valence-electron chi connectivity index (χ2n) is 3.25. The molecular weight excluding hydrogens is 283 g/mol. The van der Waals surface area contributed by atoms with Crippen molar-refractivity contribution in [2.24, 2.45) is 0 Å². The van der Waals surface area contributed by atoms with Gasteiger partial charge < -0.3 is 10.1 Å². The van der Waals surface area contributed by atoms with E-state index in [-0.39, 0.29) is 22.7 Å². The molecule has 0 saturated heterocycles. The normalized spacial score (nSPS) is 11.4. The first-order chi connectivity index (χ1) is 8.94. The summed E-state index contributed by atoms with van der Waals surface area (Å²) < 4.78 is 42.2. The van der Waals surface area contributed by atoms with Gasteiger partial charge >= 0.3 is 12.2 Å². The summed E-state index contributed by atoms with van der Waals surface area (Å²) in [4.78, 5) is 15.2. The van der Waals surface area contributed by atoms with E-state index in [1.807, 2.05) is 0 Å². The predicted molar refractivity (Wildman–Crippen MR) is 62.0 cm³/mol. The maximum absolute atomic E-state index is 12.5. The maximum Gasteiger partial charge on any atom is 0.443 e. The lowest BCUT2D eigenvalue weighted by Gasteiger charge is -2.03. The number of alkyl halides is 3. The van der Waals surface area contributed by atoms with E-state index in [1.54, 1.807) is 7.05 Å². The van der Waals surface area contributed by atoms with Crippen molar-refractivity contribution >= 4 is 17.3 Å². The molecule has 6 nitrogen and oxygen atoms in total. The molecule has 10 heteroatoms. The predicted octanol–water partition coefficient (Wildman–Crippen LogP) is 2.06. The van der Waals surface area contributed by atoms with Crippen LogP contribution in [0.4, 0.5) is 19.1 Å². The molecule has 0 saturated carbocycles. The molecule has 2 aromatic heterocycles. The van der Waals surface area contributed by atoms with Gasteiger partial charge in [-0.25, -0.2) is 4.98 Å². The lowest BCUT2D eigenvalue weighted by Crippen LogP contribution is -2.03. The van der Waals surface area contributed by atoms with Crippen LogP contribution in [0, 0.1) is 0 Å². The lowest BCUT2D eigenvalue weighted by molar-refractivity contribution is -0.137. The molecule has 0 spiro atoms. The molecule has 0 atom stereocenters. The van der Waals surface area contributed by atoms with Gasteiger partial charge in [0.25, 0.3) is 0 Å². The summed E-state index contributed by atoms with van der Waals surface area (Å²) in [6.45, 7) is 0. The molecule has 2 aromatic rings. The van der Waals surface area contributed by atoms with Crippen LogP contribution in [-0.4, -0.2) is 34.1 Å². The average Bonchev–Trinajstić information content (AvgIpc) is 2.87. The Bertz CT molecular complexity index is 563. The topological polar surface area (TPSA) is 72.8 Å². The number of hydrogen-bond donors (Lipinski definition) is 1. The molecule has 102 valence electrons. The molecule has 0 bridgehead atoms. The molecule has 2 rings (SSSR count). The highest BCUT2D eigenvalue weighted by Gasteiger charge is 2.35. The third kappa shape index (κ3) is 2.89. The van der Waals surface area contributed by atoms with Gasteiger partial charge in [-0.2, -0.15) is 28.1 Å². The molecule has 2 heterocycles. The number of hydrogen-bond acceptors (Lipinski definition) is 7. The van der Waals surface area contributed by atoms with Crippen LogP contribution in [0.5, 0.6) is 6.01 Å². The Morgan fingerprint density at radius 3 is 2.53 bits per heavy atom. The van der Waals surface area contributed by atoms with Crippen molar-refractivity contribution in [2.75, 3.05) is 19.5 Å². The summed E-state index contributed by atoms with van der Waals surface area (Å²) in [5.41, 5.74) is 0. The minimum absolute atomic E-state index is 0.0105. The van der Waals surface area contributed by atoms with E-state index in [9.17, 15) is 13.2 Å². The number of thiazole rings is 1. The van der Waals surface area contributed by atoms with Crippen molar-refractivity contribution in [3.8, 4) is 16.7 Å². The summed E-state index contributed by atoms with van der Waals surface area (Å²) in [5, 5.41) is 1.72. The number of aromatic nitrogens is 4. The van der Waals surface area contributed by atoms with Gasteiger partial charge in [-0.3, -0.25) is 0 Å². The van der Waals surface area contributed by atoms with Gasteiger partial charge in [0.1, 0.15) is 0 Å². The highest BCUT2D eigenvalue weighted by molar-refractivity contribution is 7.15. The van der Waals surface area contributed by atoms with Gasteiger partial charge in [-0.15, -0.1) is 11.3 Å². The fraction of sp³-hybridized carbons (Fsp3) is 0.333. The molecule has 0 unspecified atom stereocenters. The van der Waals surface area contributed by atoms with Gasteiger partial charge in [0, 0.05) is 13.2 Å². The highest BCUT2D eigenvalue weighted by atomic mass is 32.1. The van der Waals surface area contributed by atoms with Crippen molar-refractivity contribution < 1.29 is 17.9 Å². The number of methoxy groups -OCH3 is 1. The minimum Gasteiger partial charge on any atom is -0.467 e. The number of anilines is 1. The van der Waals surface area contributed by atoms with Crippen molar-refractivity contribution in [2.45, 2.75) is 6.18 Å². The Hall–Kier alpha value is -1.97. The van der Waals surface area contributed by atoms with E-state index in [0.717, 1.165) is 6.20 Å². The van der Waals surface area contributed by atoms with Crippen LogP contribution in [0.25, 0.3) is 10.7 Å². The highest BCUT2D eigenvalue weighted by Crippen LogP contribution is 2.35. The molecule has 19 heavy (non-hydrogen) atoms. The first-order valence-corrected chi connectivity index (χ1v) is 5.77. The molecule has 0 aromatic carbocycles. The van der Waals surface area contributed by atoms with E-state index >= 15 is 0 Å². The van der Waals surface area contributed by atoms with E-state index < -0.39 is 11.2 Å². The second-order valence-corrected chi connectivity index (χ2v) is 4.28. The molecule has 1 N–H and O–H groups in total. The number of halogens is 3. The number of nitrogens with one attached hydrogen (secondary N) is 1. The van der Waals surface area contributed by atoms with Crippen LogP contribution in [0.3, 0.4) is 0 Å². The first-order valence-electron chi connectivity index (χ1n) is 4.95. The molecule has 0 aliphatic heterocycles. The fourth-order valence-electron chi connectivity index (χ4n) is 1.18. The van der Waals surface area contributed by atoms with Crippen LogP contribution >= 0.6 is 11.3 Å². The summed E-state index contributed by atoms with van der Waals surface area (Å²) in [6, 6.07) is 0.0105. The maximum atomic E-state index is 12.5. The van der Waals surface area contributed by atoms with E-state index in [0.29, 0.717) is 11.3 Å². The smallest absolute Gasteiger partial charge is 0.443 e. The van der Waals surface area contributed by atoms with E-state index in [1.165, 1.54) is 7.11 Å². The largest absolute Gasteiger partial charge is 0.467 e. The van der Waals surface area contributed by atoms with Gasteiger partial charge in [0.2, 0.25) is 5.95 Å². The standard InChI is InChI=1S/C9H8F3N5OS/c1-13-7-15-5(16-8(17-7)18-2)4-3-14-6(19-4)9(10,11)12/h3H,1-2H3,(H,13,15,16,17). The van der Waals surface area contributed by atoms with Crippen LogP contribution < -0.4 is 10.1 Å². The van der Waals surface area contributed by atoms with Crippen LogP contribution in [-0.2, 0) is 6.18 Å². The van der Waals surface area contributed by atoms with Gasteiger partial charge in [0.15, 0.2) is 10.8 Å². The fourth-order valence-corrected chi connectivity index (χ4v) is 1.90.